The highest BCUT2D eigenvalue weighted by Crippen LogP contribution is 2.26. The second-order valence-corrected chi connectivity index (χ2v) is 4.43. The van der Waals surface area contributed by atoms with Crippen molar-refractivity contribution in [2.45, 2.75) is 40.0 Å². The molecule has 0 aliphatic heterocycles. The topological polar surface area (TPSA) is 30.2 Å². The van der Waals surface area contributed by atoms with Crippen molar-refractivity contribution in [2.24, 2.45) is 0 Å². The molecule has 0 fully saturated rings. The van der Waals surface area contributed by atoms with Crippen molar-refractivity contribution >= 4 is 5.78 Å². The monoisotopic (exact) mass is 180 g/mol. The lowest BCUT2D eigenvalue weighted by Crippen LogP contribution is -2.09. The van der Waals surface area contributed by atoms with Gasteiger partial charge in [0.05, 0.1) is 0 Å². The Kier molecular flexibility index (Phi) is 2.33. The normalized spacial score (nSPS) is 11.8. The van der Waals surface area contributed by atoms with Crippen LogP contribution in [-0.2, 0) is 5.41 Å². The summed E-state index contributed by atoms with van der Waals surface area (Å²) >= 11 is 0. The van der Waals surface area contributed by atoms with E-state index in [1.807, 2.05) is 13.0 Å². The zero-order valence-corrected chi connectivity index (χ0v) is 8.89. The third kappa shape index (κ3) is 2.00. The first kappa shape index (κ1) is 10.0. The summed E-state index contributed by atoms with van der Waals surface area (Å²) in [6.45, 7) is 9.62. The maximum Gasteiger partial charge on any atom is 0.195 e. The Balaban J connectivity index is 3.17. The minimum atomic E-state index is -0.0293. The van der Waals surface area contributed by atoms with Gasteiger partial charge in [-0.05, 0) is 18.6 Å². The molecule has 2 heteroatoms. The van der Waals surface area contributed by atoms with Gasteiger partial charge in [0.25, 0.3) is 0 Å². The van der Waals surface area contributed by atoms with Gasteiger partial charge in [-0.15, -0.1) is 0 Å². The maximum atomic E-state index is 11.1. The first-order valence-electron chi connectivity index (χ1n) is 4.44. The van der Waals surface area contributed by atoms with Crippen LogP contribution >= 0.6 is 0 Å². The van der Waals surface area contributed by atoms with E-state index in [4.69, 9.17) is 4.42 Å². The van der Waals surface area contributed by atoms with Gasteiger partial charge in [0.1, 0.15) is 5.76 Å². The number of rotatable bonds is 1. The molecule has 1 aromatic heterocycles. The Bertz CT molecular complexity index is 326. The third-order valence-corrected chi connectivity index (χ3v) is 1.98. The molecule has 2 nitrogen and oxygen atoms in total. The predicted molar refractivity (Wildman–Crippen MR) is 52.1 cm³/mol. The lowest BCUT2D eigenvalue weighted by Gasteiger charge is -2.13. The average molecular weight is 180 g/mol. The van der Waals surface area contributed by atoms with Crippen LogP contribution in [0.3, 0.4) is 0 Å². The molecule has 1 rings (SSSR count). The quantitative estimate of drug-likeness (QED) is 0.622. The Labute approximate surface area is 78.9 Å². The summed E-state index contributed by atoms with van der Waals surface area (Å²) in [5, 5.41) is 0. The fourth-order valence-electron chi connectivity index (χ4n) is 1.20. The molecule has 1 heterocycles. The van der Waals surface area contributed by atoms with Crippen LogP contribution in [-0.4, -0.2) is 5.78 Å². The van der Waals surface area contributed by atoms with E-state index in [0.717, 1.165) is 11.3 Å². The van der Waals surface area contributed by atoms with Crippen LogP contribution in [0.4, 0.5) is 0 Å². The highest BCUT2D eigenvalue weighted by molar-refractivity contribution is 5.92. The van der Waals surface area contributed by atoms with Crippen molar-refractivity contribution in [3.8, 4) is 0 Å². The van der Waals surface area contributed by atoms with E-state index in [1.165, 1.54) is 6.92 Å². The number of aryl methyl sites for hydroxylation is 1. The van der Waals surface area contributed by atoms with Crippen molar-refractivity contribution in [2.75, 3.05) is 0 Å². The molecule has 72 valence electrons. The average Bonchev–Trinajstić information content (AvgIpc) is 2.29. The van der Waals surface area contributed by atoms with E-state index in [-0.39, 0.29) is 11.2 Å². The van der Waals surface area contributed by atoms with Gasteiger partial charge in [0.2, 0.25) is 0 Å². The molecule has 0 aliphatic carbocycles. The Hall–Kier alpha value is -1.05. The van der Waals surface area contributed by atoms with E-state index < -0.39 is 0 Å². The van der Waals surface area contributed by atoms with Crippen molar-refractivity contribution in [3.63, 3.8) is 0 Å². The molecule has 13 heavy (non-hydrogen) atoms. The lowest BCUT2D eigenvalue weighted by atomic mass is 9.93. The summed E-state index contributed by atoms with van der Waals surface area (Å²) in [5.41, 5.74) is 0.899. The van der Waals surface area contributed by atoms with Crippen LogP contribution in [0.25, 0.3) is 0 Å². The van der Waals surface area contributed by atoms with Crippen LogP contribution in [0.1, 0.15) is 49.6 Å². The van der Waals surface area contributed by atoms with Crippen molar-refractivity contribution < 1.29 is 9.21 Å². The molecule has 0 N–H and O–H groups in total. The fourth-order valence-corrected chi connectivity index (χ4v) is 1.20. The first-order valence-corrected chi connectivity index (χ1v) is 4.44. The van der Waals surface area contributed by atoms with E-state index in [9.17, 15) is 4.79 Å². The van der Waals surface area contributed by atoms with E-state index in [1.54, 1.807) is 0 Å². The number of furan rings is 1. The second kappa shape index (κ2) is 3.02. The van der Waals surface area contributed by atoms with Crippen molar-refractivity contribution in [3.05, 3.63) is 23.2 Å². The molecule has 0 saturated heterocycles. The number of hydrogen-bond acceptors (Lipinski definition) is 2. The summed E-state index contributed by atoms with van der Waals surface area (Å²) in [6.07, 6.45) is 0. The molecule has 0 unspecified atom stereocenters. The molecule has 0 aliphatic rings. The second-order valence-electron chi connectivity index (χ2n) is 4.43. The largest absolute Gasteiger partial charge is 0.457 e. The molecule has 0 spiro atoms. The van der Waals surface area contributed by atoms with E-state index >= 15 is 0 Å². The van der Waals surface area contributed by atoms with Gasteiger partial charge >= 0.3 is 0 Å². The molecular weight excluding hydrogens is 164 g/mol. The minimum absolute atomic E-state index is 0.00648. The van der Waals surface area contributed by atoms with Gasteiger partial charge in [-0.1, -0.05) is 20.8 Å². The Morgan fingerprint density at radius 2 is 1.92 bits per heavy atom. The number of hydrogen-bond donors (Lipinski definition) is 0. The van der Waals surface area contributed by atoms with Gasteiger partial charge in [0, 0.05) is 12.3 Å². The van der Waals surface area contributed by atoms with Gasteiger partial charge in [-0.3, -0.25) is 4.79 Å². The SMILES string of the molecule is CC(=O)c1oc(C(C)(C)C)cc1C. The van der Waals surface area contributed by atoms with Crippen molar-refractivity contribution in [1.29, 1.82) is 0 Å². The molecule has 0 radical (unpaired) electrons. The van der Waals surface area contributed by atoms with Crippen LogP contribution in [0.5, 0.6) is 0 Å². The van der Waals surface area contributed by atoms with Gasteiger partial charge in [0.15, 0.2) is 11.5 Å². The van der Waals surface area contributed by atoms with Crippen LogP contribution in [0, 0.1) is 6.92 Å². The Morgan fingerprint density at radius 3 is 2.15 bits per heavy atom. The number of Topliss-reactive ketones (excluding diaryl/α,β-unsaturated/α-hetero) is 1. The molecule has 0 atom stereocenters. The van der Waals surface area contributed by atoms with Crippen LogP contribution < -0.4 is 0 Å². The van der Waals surface area contributed by atoms with E-state index in [0.29, 0.717) is 5.76 Å². The highest BCUT2D eigenvalue weighted by Gasteiger charge is 2.21. The smallest absolute Gasteiger partial charge is 0.195 e. The molecule has 0 aromatic carbocycles. The van der Waals surface area contributed by atoms with Crippen molar-refractivity contribution in [1.82, 2.24) is 0 Å². The van der Waals surface area contributed by atoms with E-state index in [2.05, 4.69) is 20.8 Å². The Morgan fingerprint density at radius 1 is 1.38 bits per heavy atom. The summed E-state index contributed by atoms with van der Waals surface area (Å²) in [4.78, 5) is 11.1. The minimum Gasteiger partial charge on any atom is -0.457 e. The molecule has 0 bridgehead atoms. The van der Waals surface area contributed by atoms with Crippen LogP contribution in [0.2, 0.25) is 0 Å². The zero-order valence-electron chi connectivity index (χ0n) is 8.89. The molecule has 0 saturated carbocycles. The summed E-state index contributed by atoms with van der Waals surface area (Å²) in [5.74, 6) is 1.35. The molecular formula is C11H16O2. The third-order valence-electron chi connectivity index (χ3n) is 1.98. The number of carbonyl (C=O) groups excluding carboxylic acids is 1. The highest BCUT2D eigenvalue weighted by atomic mass is 16.3. The summed E-state index contributed by atoms with van der Waals surface area (Å²) in [6, 6.07) is 1.94. The van der Waals surface area contributed by atoms with Crippen LogP contribution in [0.15, 0.2) is 10.5 Å². The van der Waals surface area contributed by atoms with Gasteiger partial charge in [-0.25, -0.2) is 0 Å². The lowest BCUT2D eigenvalue weighted by molar-refractivity contribution is 0.0983. The number of ketones is 1. The standard InChI is InChI=1S/C11H16O2/c1-7-6-9(11(3,4)5)13-10(7)8(2)12/h6H,1-5H3. The molecule has 1 aromatic rings. The van der Waals surface area contributed by atoms with Gasteiger partial charge < -0.3 is 4.42 Å². The fraction of sp³-hybridized carbons (Fsp3) is 0.545. The molecule has 0 amide bonds. The zero-order chi connectivity index (χ0) is 10.2. The first-order chi connectivity index (χ1) is 5.82. The summed E-state index contributed by atoms with van der Waals surface area (Å²) in [7, 11) is 0. The maximum absolute atomic E-state index is 11.1. The number of carbonyl (C=O) groups is 1. The summed E-state index contributed by atoms with van der Waals surface area (Å²) < 4.78 is 5.49. The predicted octanol–water partition coefficient (Wildman–Crippen LogP) is 3.09. The van der Waals surface area contributed by atoms with Gasteiger partial charge in [-0.2, -0.15) is 0 Å².